The molecule has 1 aromatic rings. The Bertz CT molecular complexity index is 483. The molecule has 1 saturated carbocycles. The quantitative estimate of drug-likeness (QED) is 0.759. The van der Waals surface area contributed by atoms with Crippen molar-refractivity contribution < 1.29 is 9.47 Å². The molecule has 0 N–H and O–H groups in total. The van der Waals surface area contributed by atoms with Gasteiger partial charge in [-0.15, -0.1) is 0 Å². The van der Waals surface area contributed by atoms with E-state index in [1.165, 1.54) is 5.56 Å². The summed E-state index contributed by atoms with van der Waals surface area (Å²) in [5.74, 6) is 1.63. The van der Waals surface area contributed by atoms with Crippen LogP contribution < -0.4 is 9.47 Å². The van der Waals surface area contributed by atoms with E-state index >= 15 is 0 Å². The molecule has 1 heterocycles. The molecule has 1 aliphatic carbocycles. The molecule has 1 fully saturated rings. The van der Waals surface area contributed by atoms with Gasteiger partial charge in [0, 0.05) is 12.0 Å². The number of methoxy groups -OCH3 is 1. The molecule has 0 saturated heterocycles. The highest BCUT2D eigenvalue weighted by molar-refractivity contribution is 5.57. The second kappa shape index (κ2) is 3.15. The number of hydrogen-bond acceptors (Lipinski definition) is 3. The molecule has 0 spiro atoms. The fraction of sp³-hybridized carbons (Fsp3) is 0.462. The Labute approximate surface area is 94.6 Å². The van der Waals surface area contributed by atoms with E-state index in [0.717, 1.165) is 36.3 Å². The predicted octanol–water partition coefficient (Wildman–Crippen LogP) is 2.19. The third-order valence-corrected chi connectivity index (χ3v) is 3.52. The largest absolute Gasteiger partial charge is 0.493 e. The molecule has 0 unspecified atom stereocenters. The number of rotatable bonds is 2. The summed E-state index contributed by atoms with van der Waals surface area (Å²) in [5, 5.41) is 9.25. The molecule has 1 aliphatic heterocycles. The summed E-state index contributed by atoms with van der Waals surface area (Å²) < 4.78 is 10.9. The SMILES string of the molecule is COc1ccc(C2(C#N)CC2)c2c1OCC2. The van der Waals surface area contributed by atoms with Crippen molar-refractivity contribution in [3.05, 3.63) is 23.3 Å². The topological polar surface area (TPSA) is 42.2 Å². The normalized spacial score (nSPS) is 19.5. The van der Waals surface area contributed by atoms with Gasteiger partial charge in [-0.05, 0) is 24.5 Å². The molecule has 0 radical (unpaired) electrons. The molecule has 3 rings (SSSR count). The Morgan fingerprint density at radius 2 is 2.25 bits per heavy atom. The molecule has 16 heavy (non-hydrogen) atoms. The molecule has 3 nitrogen and oxygen atoms in total. The molecule has 0 aromatic heterocycles. The van der Waals surface area contributed by atoms with Crippen LogP contribution in [0.4, 0.5) is 0 Å². The van der Waals surface area contributed by atoms with Gasteiger partial charge in [-0.1, -0.05) is 6.07 Å². The highest BCUT2D eigenvalue weighted by Crippen LogP contribution is 2.52. The fourth-order valence-electron chi connectivity index (χ4n) is 2.44. The van der Waals surface area contributed by atoms with E-state index in [0.29, 0.717) is 6.61 Å². The van der Waals surface area contributed by atoms with E-state index in [1.54, 1.807) is 7.11 Å². The fourth-order valence-corrected chi connectivity index (χ4v) is 2.44. The van der Waals surface area contributed by atoms with Crippen LogP contribution in [0.15, 0.2) is 12.1 Å². The first kappa shape index (κ1) is 9.53. The Balaban J connectivity index is 2.16. The second-order valence-corrected chi connectivity index (χ2v) is 4.42. The molecule has 3 heteroatoms. The zero-order valence-electron chi connectivity index (χ0n) is 9.25. The first-order valence-electron chi connectivity index (χ1n) is 5.55. The van der Waals surface area contributed by atoms with Crippen LogP contribution in [0.1, 0.15) is 24.0 Å². The zero-order valence-corrected chi connectivity index (χ0v) is 9.25. The van der Waals surface area contributed by atoms with E-state index in [9.17, 15) is 5.26 Å². The summed E-state index contributed by atoms with van der Waals surface area (Å²) in [5.41, 5.74) is 2.10. The van der Waals surface area contributed by atoms with Gasteiger partial charge in [-0.3, -0.25) is 0 Å². The van der Waals surface area contributed by atoms with E-state index < -0.39 is 0 Å². The van der Waals surface area contributed by atoms with Crippen molar-refractivity contribution in [3.63, 3.8) is 0 Å². The van der Waals surface area contributed by atoms with Crippen molar-refractivity contribution in [1.82, 2.24) is 0 Å². The Kier molecular flexibility index (Phi) is 1.88. The van der Waals surface area contributed by atoms with Gasteiger partial charge >= 0.3 is 0 Å². The summed E-state index contributed by atoms with van der Waals surface area (Å²) in [6.45, 7) is 0.699. The van der Waals surface area contributed by atoms with Gasteiger partial charge in [-0.25, -0.2) is 0 Å². The molecule has 0 amide bonds. The number of nitriles is 1. The number of nitrogens with zero attached hydrogens (tertiary/aromatic N) is 1. The van der Waals surface area contributed by atoms with Gasteiger partial charge in [0.25, 0.3) is 0 Å². The van der Waals surface area contributed by atoms with Gasteiger partial charge < -0.3 is 9.47 Å². The lowest BCUT2D eigenvalue weighted by Crippen LogP contribution is -2.06. The van der Waals surface area contributed by atoms with Crippen molar-refractivity contribution in [2.24, 2.45) is 0 Å². The van der Waals surface area contributed by atoms with Crippen LogP contribution >= 0.6 is 0 Å². The summed E-state index contributed by atoms with van der Waals surface area (Å²) in [7, 11) is 1.65. The minimum Gasteiger partial charge on any atom is -0.493 e. The molecule has 0 atom stereocenters. The third-order valence-electron chi connectivity index (χ3n) is 3.52. The monoisotopic (exact) mass is 215 g/mol. The van der Waals surface area contributed by atoms with Crippen molar-refractivity contribution in [2.45, 2.75) is 24.7 Å². The maximum absolute atomic E-state index is 9.25. The highest BCUT2D eigenvalue weighted by atomic mass is 16.5. The summed E-state index contributed by atoms with van der Waals surface area (Å²) in [4.78, 5) is 0. The molecule has 1 aromatic carbocycles. The Hall–Kier alpha value is -1.69. The van der Waals surface area contributed by atoms with E-state index in [4.69, 9.17) is 9.47 Å². The average molecular weight is 215 g/mol. The van der Waals surface area contributed by atoms with Crippen molar-refractivity contribution >= 4 is 0 Å². The standard InChI is InChI=1S/C13H13NO2/c1-15-11-3-2-10(13(8-14)5-6-13)9-4-7-16-12(9)11/h2-3H,4-7H2,1H3. The molecular formula is C13H13NO2. The number of fused-ring (bicyclic) bond motifs is 1. The van der Waals surface area contributed by atoms with E-state index in [-0.39, 0.29) is 5.41 Å². The van der Waals surface area contributed by atoms with Gasteiger partial charge in [0.1, 0.15) is 0 Å². The van der Waals surface area contributed by atoms with E-state index in [1.807, 2.05) is 12.1 Å². The zero-order chi connectivity index (χ0) is 11.2. The summed E-state index contributed by atoms with van der Waals surface area (Å²) in [6.07, 6.45) is 2.84. The lowest BCUT2D eigenvalue weighted by molar-refractivity contribution is 0.326. The van der Waals surface area contributed by atoms with Crippen LogP contribution in [0.3, 0.4) is 0 Å². The number of hydrogen-bond donors (Lipinski definition) is 0. The van der Waals surface area contributed by atoms with Gasteiger partial charge in [0.05, 0.1) is 25.2 Å². The minimum absolute atomic E-state index is 0.232. The minimum atomic E-state index is -0.232. The third kappa shape index (κ3) is 1.13. The second-order valence-electron chi connectivity index (χ2n) is 4.42. The Morgan fingerprint density at radius 1 is 1.44 bits per heavy atom. The van der Waals surface area contributed by atoms with Crippen molar-refractivity contribution in [1.29, 1.82) is 5.26 Å². The van der Waals surface area contributed by atoms with Crippen LogP contribution in [0.5, 0.6) is 11.5 Å². The summed E-state index contributed by atoms with van der Waals surface area (Å²) in [6, 6.07) is 6.38. The van der Waals surface area contributed by atoms with Crippen LogP contribution in [0.25, 0.3) is 0 Å². The molecular weight excluding hydrogens is 202 g/mol. The molecule has 0 bridgehead atoms. The smallest absolute Gasteiger partial charge is 0.164 e. The maximum Gasteiger partial charge on any atom is 0.164 e. The molecule has 2 aliphatic rings. The van der Waals surface area contributed by atoms with Crippen LogP contribution in [0.2, 0.25) is 0 Å². The number of ether oxygens (including phenoxy) is 2. The van der Waals surface area contributed by atoms with Gasteiger partial charge in [0.2, 0.25) is 0 Å². The first-order valence-corrected chi connectivity index (χ1v) is 5.55. The summed E-state index contributed by atoms with van der Waals surface area (Å²) >= 11 is 0. The van der Waals surface area contributed by atoms with Gasteiger partial charge in [-0.2, -0.15) is 5.26 Å². The van der Waals surface area contributed by atoms with Crippen molar-refractivity contribution in [3.8, 4) is 17.6 Å². The maximum atomic E-state index is 9.25. The van der Waals surface area contributed by atoms with Crippen LogP contribution in [-0.4, -0.2) is 13.7 Å². The lowest BCUT2D eigenvalue weighted by Gasteiger charge is -2.13. The van der Waals surface area contributed by atoms with E-state index in [2.05, 4.69) is 6.07 Å². The lowest BCUT2D eigenvalue weighted by atomic mass is 9.91. The molecule has 82 valence electrons. The van der Waals surface area contributed by atoms with Crippen LogP contribution in [0, 0.1) is 11.3 Å². The Morgan fingerprint density at radius 3 is 2.88 bits per heavy atom. The van der Waals surface area contributed by atoms with Crippen molar-refractivity contribution in [2.75, 3.05) is 13.7 Å². The predicted molar refractivity (Wildman–Crippen MR) is 58.7 cm³/mol. The highest BCUT2D eigenvalue weighted by Gasteiger charge is 2.47. The average Bonchev–Trinajstić information content (AvgIpc) is 2.97. The first-order chi connectivity index (χ1) is 7.80. The van der Waals surface area contributed by atoms with Crippen LogP contribution in [-0.2, 0) is 11.8 Å². The van der Waals surface area contributed by atoms with Gasteiger partial charge in [0.15, 0.2) is 11.5 Å². The number of benzene rings is 1.